The Balaban J connectivity index is 2.46. The van der Waals surface area contributed by atoms with Gasteiger partial charge in [0.1, 0.15) is 5.82 Å². The van der Waals surface area contributed by atoms with Crippen molar-refractivity contribution in [2.75, 3.05) is 6.54 Å². The van der Waals surface area contributed by atoms with Crippen LogP contribution in [0.1, 0.15) is 29.7 Å². The molecule has 1 atom stereocenters. The van der Waals surface area contributed by atoms with Gasteiger partial charge in [-0.3, -0.25) is 0 Å². The smallest absolute Gasteiger partial charge is 0.126 e. The fourth-order valence-electron chi connectivity index (χ4n) is 2.22. The summed E-state index contributed by atoms with van der Waals surface area (Å²) >= 11 is 7.03. The van der Waals surface area contributed by atoms with Crippen LogP contribution in [0.4, 0.5) is 4.39 Å². The maximum absolute atomic E-state index is 13.4. The molecule has 106 valence electrons. The van der Waals surface area contributed by atoms with Crippen molar-refractivity contribution in [1.82, 2.24) is 5.32 Å². The first-order chi connectivity index (χ1) is 9.51. The van der Waals surface area contributed by atoms with E-state index in [4.69, 9.17) is 0 Å². The van der Waals surface area contributed by atoms with Gasteiger partial charge in [0.05, 0.1) is 6.04 Å². The van der Waals surface area contributed by atoms with Gasteiger partial charge in [-0.15, -0.1) is 0 Å². The van der Waals surface area contributed by atoms with Crippen molar-refractivity contribution in [1.29, 1.82) is 0 Å². The van der Waals surface area contributed by atoms with Crippen LogP contribution in [0.15, 0.2) is 45.3 Å². The molecule has 0 heterocycles. The third-order valence-corrected chi connectivity index (χ3v) is 4.06. The quantitative estimate of drug-likeness (QED) is 0.728. The molecule has 0 spiro atoms. The predicted molar refractivity (Wildman–Crippen MR) is 88.5 cm³/mol. The summed E-state index contributed by atoms with van der Waals surface area (Å²) in [6.45, 7) is 4.69. The summed E-state index contributed by atoms with van der Waals surface area (Å²) in [4.78, 5) is 0. The van der Waals surface area contributed by atoms with Crippen LogP contribution in [0.5, 0.6) is 0 Å². The van der Waals surface area contributed by atoms with Gasteiger partial charge >= 0.3 is 0 Å². The molecule has 0 saturated carbocycles. The Hall–Kier alpha value is -0.710. The SMILES string of the molecule is CCNC(c1cc(Br)cc(Br)c1)c1ccc(F)c(C)c1. The average Bonchev–Trinajstić information content (AvgIpc) is 2.38. The number of nitrogens with one attached hydrogen (secondary N) is 1. The highest BCUT2D eigenvalue weighted by atomic mass is 79.9. The van der Waals surface area contributed by atoms with E-state index >= 15 is 0 Å². The van der Waals surface area contributed by atoms with E-state index < -0.39 is 0 Å². The van der Waals surface area contributed by atoms with Gasteiger partial charge in [-0.25, -0.2) is 4.39 Å². The Bertz CT molecular complexity index is 593. The van der Waals surface area contributed by atoms with E-state index in [1.165, 1.54) is 6.07 Å². The molecule has 0 radical (unpaired) electrons. The molecule has 0 aliphatic heterocycles. The largest absolute Gasteiger partial charge is 0.307 e. The summed E-state index contributed by atoms with van der Waals surface area (Å²) in [5.74, 6) is -0.167. The minimum Gasteiger partial charge on any atom is -0.307 e. The molecule has 2 aromatic rings. The van der Waals surface area contributed by atoms with E-state index in [-0.39, 0.29) is 11.9 Å². The van der Waals surface area contributed by atoms with E-state index in [1.54, 1.807) is 6.92 Å². The Morgan fingerprint density at radius 3 is 2.25 bits per heavy atom. The van der Waals surface area contributed by atoms with Gasteiger partial charge in [0.2, 0.25) is 0 Å². The summed E-state index contributed by atoms with van der Waals surface area (Å²) in [5.41, 5.74) is 2.87. The summed E-state index contributed by atoms with van der Waals surface area (Å²) in [5, 5.41) is 3.45. The third kappa shape index (κ3) is 3.68. The minimum absolute atomic E-state index is 0.0492. The summed E-state index contributed by atoms with van der Waals surface area (Å²) in [6, 6.07) is 11.5. The van der Waals surface area contributed by atoms with Crippen molar-refractivity contribution in [3.05, 3.63) is 67.9 Å². The molecule has 0 amide bonds. The fraction of sp³-hybridized carbons (Fsp3) is 0.250. The number of aryl methyl sites for hydroxylation is 1. The van der Waals surface area contributed by atoms with E-state index in [1.807, 2.05) is 18.2 Å². The van der Waals surface area contributed by atoms with Crippen molar-refractivity contribution in [3.63, 3.8) is 0 Å². The first kappa shape index (κ1) is 15.7. The molecule has 0 saturated heterocycles. The zero-order valence-corrected chi connectivity index (χ0v) is 14.6. The second-order valence-corrected chi connectivity index (χ2v) is 6.53. The van der Waals surface area contributed by atoms with E-state index in [0.717, 1.165) is 26.6 Å². The number of rotatable bonds is 4. The van der Waals surface area contributed by atoms with Gasteiger partial charge in [0.15, 0.2) is 0 Å². The van der Waals surface area contributed by atoms with E-state index in [2.05, 4.69) is 56.2 Å². The lowest BCUT2D eigenvalue weighted by Crippen LogP contribution is -2.22. The molecule has 1 nitrogen and oxygen atoms in total. The molecule has 2 aromatic carbocycles. The van der Waals surface area contributed by atoms with Crippen molar-refractivity contribution in [3.8, 4) is 0 Å². The lowest BCUT2D eigenvalue weighted by atomic mass is 9.97. The average molecular weight is 401 g/mol. The van der Waals surface area contributed by atoms with Gasteiger partial charge in [0, 0.05) is 8.95 Å². The van der Waals surface area contributed by atoms with Gasteiger partial charge in [-0.05, 0) is 54.4 Å². The van der Waals surface area contributed by atoms with Gasteiger partial charge in [0.25, 0.3) is 0 Å². The van der Waals surface area contributed by atoms with Crippen molar-refractivity contribution in [2.24, 2.45) is 0 Å². The Kier molecular flexibility index (Phi) is 5.35. The number of hydrogen-bond donors (Lipinski definition) is 1. The van der Waals surface area contributed by atoms with Crippen LogP contribution in [-0.4, -0.2) is 6.54 Å². The summed E-state index contributed by atoms with van der Waals surface area (Å²) < 4.78 is 15.5. The normalized spacial score (nSPS) is 12.4. The minimum atomic E-state index is -0.167. The van der Waals surface area contributed by atoms with Gasteiger partial charge in [-0.1, -0.05) is 50.9 Å². The Labute approximate surface area is 135 Å². The number of hydrogen-bond acceptors (Lipinski definition) is 1. The van der Waals surface area contributed by atoms with Gasteiger partial charge in [-0.2, -0.15) is 0 Å². The first-order valence-corrected chi connectivity index (χ1v) is 8.05. The highest BCUT2D eigenvalue weighted by molar-refractivity contribution is 9.11. The summed E-state index contributed by atoms with van der Waals surface area (Å²) in [6.07, 6.45) is 0. The molecule has 0 aliphatic carbocycles. The van der Waals surface area contributed by atoms with E-state index in [9.17, 15) is 4.39 Å². The maximum atomic E-state index is 13.4. The van der Waals surface area contributed by atoms with Crippen LogP contribution >= 0.6 is 31.9 Å². The molecule has 0 aliphatic rings. The standard InChI is InChI=1S/C16H16Br2FN/c1-3-20-16(11-4-5-15(19)10(2)6-11)12-7-13(17)9-14(18)8-12/h4-9,16,20H,3H2,1-2H3. The van der Waals surface area contributed by atoms with E-state index in [0.29, 0.717) is 5.56 Å². The molecule has 0 bridgehead atoms. The summed E-state index contributed by atoms with van der Waals surface area (Å²) in [7, 11) is 0. The van der Waals surface area contributed by atoms with Gasteiger partial charge < -0.3 is 5.32 Å². The second-order valence-electron chi connectivity index (χ2n) is 4.70. The Morgan fingerprint density at radius 2 is 1.70 bits per heavy atom. The lowest BCUT2D eigenvalue weighted by Gasteiger charge is -2.20. The number of halogens is 3. The van der Waals surface area contributed by atoms with Crippen molar-refractivity contribution < 1.29 is 4.39 Å². The van der Waals surface area contributed by atoms with Crippen LogP contribution in [0.3, 0.4) is 0 Å². The van der Waals surface area contributed by atoms with Crippen LogP contribution in [-0.2, 0) is 0 Å². The van der Waals surface area contributed by atoms with Crippen molar-refractivity contribution in [2.45, 2.75) is 19.9 Å². The fourth-order valence-corrected chi connectivity index (χ4v) is 3.55. The highest BCUT2D eigenvalue weighted by Crippen LogP contribution is 2.29. The molecule has 1 N–H and O–H groups in total. The molecular formula is C16H16Br2FN. The molecule has 4 heteroatoms. The third-order valence-electron chi connectivity index (χ3n) is 3.14. The topological polar surface area (TPSA) is 12.0 Å². The van der Waals surface area contributed by atoms with Crippen LogP contribution in [0, 0.1) is 12.7 Å². The first-order valence-electron chi connectivity index (χ1n) is 6.46. The molecule has 1 unspecified atom stereocenters. The zero-order valence-electron chi connectivity index (χ0n) is 11.4. The molecule has 20 heavy (non-hydrogen) atoms. The molecule has 2 rings (SSSR count). The van der Waals surface area contributed by atoms with Crippen LogP contribution < -0.4 is 5.32 Å². The van der Waals surface area contributed by atoms with Crippen LogP contribution in [0.25, 0.3) is 0 Å². The maximum Gasteiger partial charge on any atom is 0.126 e. The van der Waals surface area contributed by atoms with Crippen LogP contribution in [0.2, 0.25) is 0 Å². The van der Waals surface area contributed by atoms with Crippen molar-refractivity contribution >= 4 is 31.9 Å². The number of benzene rings is 2. The molecular weight excluding hydrogens is 385 g/mol. The molecule has 0 aromatic heterocycles. The lowest BCUT2D eigenvalue weighted by molar-refractivity contribution is 0.606. The highest BCUT2D eigenvalue weighted by Gasteiger charge is 2.15. The molecule has 0 fully saturated rings. The second kappa shape index (κ2) is 6.83. The predicted octanol–water partition coefficient (Wildman–Crippen LogP) is 5.36. The monoisotopic (exact) mass is 399 g/mol. The Morgan fingerprint density at radius 1 is 1.05 bits per heavy atom. The zero-order chi connectivity index (χ0) is 14.7.